The highest BCUT2D eigenvalue weighted by molar-refractivity contribution is 5.93. The number of hydrogen-bond donors (Lipinski definition) is 0. The first-order chi connectivity index (χ1) is 16.0. The van der Waals surface area contributed by atoms with Gasteiger partial charge in [0.05, 0.1) is 26.1 Å². The number of halogens is 1. The number of aryl methyl sites for hydroxylation is 1. The zero-order valence-electron chi connectivity index (χ0n) is 18.7. The number of carbonyl (C=O) groups is 1. The molecular formula is C24H25FN4O4. The Morgan fingerprint density at radius 2 is 1.70 bits per heavy atom. The van der Waals surface area contributed by atoms with Crippen molar-refractivity contribution >= 4 is 5.91 Å². The lowest BCUT2D eigenvalue weighted by molar-refractivity contribution is 0.0705. The van der Waals surface area contributed by atoms with Gasteiger partial charge in [0.15, 0.2) is 11.5 Å². The highest BCUT2D eigenvalue weighted by atomic mass is 19.1. The maximum atomic E-state index is 13.1. The van der Waals surface area contributed by atoms with Crippen LogP contribution in [0.15, 0.2) is 42.6 Å². The second-order valence-electron chi connectivity index (χ2n) is 7.78. The van der Waals surface area contributed by atoms with Crippen LogP contribution in [0.2, 0.25) is 0 Å². The van der Waals surface area contributed by atoms with Crippen molar-refractivity contribution in [3.8, 4) is 23.0 Å². The SMILES string of the molecule is COc1cc(C(=O)N2CCC(c3nnc(C)cc3OC)CC2)ncc1Oc1ccc(F)cc1. The first kappa shape index (κ1) is 22.4. The summed E-state index contributed by atoms with van der Waals surface area (Å²) in [5.74, 6) is 1.51. The first-order valence-electron chi connectivity index (χ1n) is 10.6. The Morgan fingerprint density at radius 1 is 1.00 bits per heavy atom. The third-order valence-corrected chi connectivity index (χ3v) is 5.61. The Bertz CT molecular complexity index is 1130. The quantitative estimate of drug-likeness (QED) is 0.555. The van der Waals surface area contributed by atoms with Gasteiger partial charge in [0.25, 0.3) is 5.91 Å². The maximum absolute atomic E-state index is 13.1. The van der Waals surface area contributed by atoms with Crippen LogP contribution in [0.5, 0.6) is 23.0 Å². The molecule has 2 aromatic heterocycles. The summed E-state index contributed by atoms with van der Waals surface area (Å²) in [5.41, 5.74) is 1.90. The molecule has 1 fully saturated rings. The normalized spacial score (nSPS) is 14.1. The van der Waals surface area contributed by atoms with Gasteiger partial charge in [0.2, 0.25) is 0 Å². The van der Waals surface area contributed by atoms with Gasteiger partial charge in [0.1, 0.15) is 28.7 Å². The van der Waals surface area contributed by atoms with Crippen molar-refractivity contribution in [3.63, 3.8) is 0 Å². The Labute approximate surface area is 191 Å². The fourth-order valence-corrected chi connectivity index (χ4v) is 3.85. The molecule has 1 aromatic carbocycles. The van der Waals surface area contributed by atoms with E-state index in [2.05, 4.69) is 15.2 Å². The summed E-state index contributed by atoms with van der Waals surface area (Å²) < 4.78 is 29.7. The van der Waals surface area contributed by atoms with Crippen LogP contribution in [0.3, 0.4) is 0 Å². The summed E-state index contributed by atoms with van der Waals surface area (Å²) >= 11 is 0. The molecule has 33 heavy (non-hydrogen) atoms. The molecule has 0 aliphatic carbocycles. The van der Waals surface area contributed by atoms with Gasteiger partial charge in [-0.25, -0.2) is 9.37 Å². The van der Waals surface area contributed by atoms with Crippen LogP contribution in [-0.4, -0.2) is 53.3 Å². The second-order valence-corrected chi connectivity index (χ2v) is 7.78. The zero-order chi connectivity index (χ0) is 23.4. The van der Waals surface area contributed by atoms with Crippen LogP contribution >= 0.6 is 0 Å². The molecule has 3 heterocycles. The zero-order valence-corrected chi connectivity index (χ0v) is 18.7. The molecule has 0 N–H and O–H groups in total. The van der Waals surface area contributed by atoms with Crippen molar-refractivity contribution in [1.29, 1.82) is 0 Å². The van der Waals surface area contributed by atoms with E-state index in [9.17, 15) is 9.18 Å². The van der Waals surface area contributed by atoms with Gasteiger partial charge in [-0.15, -0.1) is 0 Å². The van der Waals surface area contributed by atoms with Gasteiger partial charge < -0.3 is 19.1 Å². The van der Waals surface area contributed by atoms with Crippen molar-refractivity contribution < 1.29 is 23.4 Å². The monoisotopic (exact) mass is 452 g/mol. The number of methoxy groups -OCH3 is 2. The number of nitrogens with zero attached hydrogens (tertiary/aromatic N) is 4. The highest BCUT2D eigenvalue weighted by Gasteiger charge is 2.28. The fourth-order valence-electron chi connectivity index (χ4n) is 3.85. The molecule has 3 aromatic rings. The van der Waals surface area contributed by atoms with Crippen LogP contribution < -0.4 is 14.2 Å². The third kappa shape index (κ3) is 5.02. The van der Waals surface area contributed by atoms with E-state index >= 15 is 0 Å². The van der Waals surface area contributed by atoms with E-state index in [4.69, 9.17) is 14.2 Å². The van der Waals surface area contributed by atoms with E-state index in [0.29, 0.717) is 30.3 Å². The molecule has 1 aliphatic heterocycles. The topological polar surface area (TPSA) is 86.7 Å². The number of pyridine rings is 1. The Kier molecular flexibility index (Phi) is 6.67. The predicted octanol–water partition coefficient (Wildman–Crippen LogP) is 4.15. The lowest BCUT2D eigenvalue weighted by Gasteiger charge is -2.31. The summed E-state index contributed by atoms with van der Waals surface area (Å²) in [6, 6.07) is 9.05. The average molecular weight is 452 g/mol. The summed E-state index contributed by atoms with van der Waals surface area (Å²) in [4.78, 5) is 19.1. The van der Waals surface area contributed by atoms with Gasteiger partial charge in [-0.05, 0) is 44.0 Å². The van der Waals surface area contributed by atoms with Crippen molar-refractivity contribution in [1.82, 2.24) is 20.1 Å². The van der Waals surface area contributed by atoms with Crippen LogP contribution in [0, 0.1) is 12.7 Å². The van der Waals surface area contributed by atoms with Gasteiger partial charge in [-0.1, -0.05) is 0 Å². The van der Waals surface area contributed by atoms with E-state index in [-0.39, 0.29) is 23.3 Å². The van der Waals surface area contributed by atoms with Gasteiger partial charge in [0, 0.05) is 31.1 Å². The van der Waals surface area contributed by atoms with Gasteiger partial charge in [-0.3, -0.25) is 4.79 Å². The molecule has 8 nitrogen and oxygen atoms in total. The number of rotatable bonds is 6. The Balaban J connectivity index is 1.44. The number of likely N-dealkylation sites (tertiary alicyclic amines) is 1. The number of piperidine rings is 1. The number of aromatic nitrogens is 3. The number of carbonyl (C=O) groups excluding carboxylic acids is 1. The summed E-state index contributed by atoms with van der Waals surface area (Å²) in [7, 11) is 3.11. The van der Waals surface area contributed by atoms with E-state index in [1.807, 2.05) is 13.0 Å². The Morgan fingerprint density at radius 3 is 2.36 bits per heavy atom. The Hall–Kier alpha value is -3.75. The molecule has 0 spiro atoms. The van der Waals surface area contributed by atoms with Crippen molar-refractivity contribution in [2.75, 3.05) is 27.3 Å². The molecule has 9 heteroatoms. The van der Waals surface area contributed by atoms with Crippen LogP contribution in [0.4, 0.5) is 4.39 Å². The largest absolute Gasteiger partial charge is 0.495 e. The average Bonchev–Trinajstić information content (AvgIpc) is 2.85. The molecule has 1 amide bonds. The molecule has 0 radical (unpaired) electrons. The predicted molar refractivity (Wildman–Crippen MR) is 118 cm³/mol. The molecule has 0 saturated carbocycles. The molecule has 0 atom stereocenters. The van der Waals surface area contributed by atoms with Crippen molar-refractivity contribution in [2.24, 2.45) is 0 Å². The van der Waals surface area contributed by atoms with Gasteiger partial charge in [-0.2, -0.15) is 10.2 Å². The molecule has 172 valence electrons. The maximum Gasteiger partial charge on any atom is 0.272 e. The molecule has 1 aliphatic rings. The molecular weight excluding hydrogens is 427 g/mol. The van der Waals surface area contributed by atoms with Crippen LogP contribution in [-0.2, 0) is 0 Å². The minimum absolute atomic E-state index is 0.172. The van der Waals surface area contributed by atoms with Gasteiger partial charge >= 0.3 is 0 Å². The fraction of sp³-hybridized carbons (Fsp3) is 0.333. The lowest BCUT2D eigenvalue weighted by atomic mass is 9.92. The molecule has 0 bridgehead atoms. The number of amides is 1. The van der Waals surface area contributed by atoms with Crippen LogP contribution in [0.1, 0.15) is 40.6 Å². The first-order valence-corrected chi connectivity index (χ1v) is 10.6. The standard InChI is InChI=1S/C24H25FN4O4/c1-15-12-21(32-3)23(28-27-15)16-8-10-29(11-9-16)24(30)19-13-20(31-2)22(14-26-19)33-18-6-4-17(25)5-7-18/h4-7,12-14,16H,8-11H2,1-3H3. The number of benzene rings is 1. The molecule has 1 saturated heterocycles. The second kappa shape index (κ2) is 9.81. The van der Waals surface area contributed by atoms with E-state index < -0.39 is 0 Å². The smallest absolute Gasteiger partial charge is 0.272 e. The van der Waals surface area contributed by atoms with Crippen molar-refractivity contribution in [2.45, 2.75) is 25.7 Å². The molecule has 0 unspecified atom stereocenters. The van der Waals surface area contributed by atoms with E-state index in [1.165, 1.54) is 37.6 Å². The minimum atomic E-state index is -0.356. The third-order valence-electron chi connectivity index (χ3n) is 5.61. The minimum Gasteiger partial charge on any atom is -0.495 e. The number of hydrogen-bond acceptors (Lipinski definition) is 7. The molecule has 4 rings (SSSR count). The van der Waals surface area contributed by atoms with Crippen LogP contribution in [0.25, 0.3) is 0 Å². The number of ether oxygens (including phenoxy) is 3. The lowest BCUT2D eigenvalue weighted by Crippen LogP contribution is -2.38. The van der Waals surface area contributed by atoms with Crippen molar-refractivity contribution in [3.05, 3.63) is 65.5 Å². The van der Waals surface area contributed by atoms with E-state index in [0.717, 1.165) is 30.0 Å². The summed E-state index contributed by atoms with van der Waals surface area (Å²) in [5, 5.41) is 8.49. The highest BCUT2D eigenvalue weighted by Crippen LogP contribution is 2.34. The summed E-state index contributed by atoms with van der Waals surface area (Å²) in [6.07, 6.45) is 2.94. The summed E-state index contributed by atoms with van der Waals surface area (Å²) in [6.45, 7) is 3.01. The van der Waals surface area contributed by atoms with E-state index in [1.54, 1.807) is 18.1 Å².